The lowest BCUT2D eigenvalue weighted by Gasteiger charge is -2.06. The van der Waals surface area contributed by atoms with Gasteiger partial charge in [-0.15, -0.1) is 0 Å². The minimum atomic E-state index is -0.966. The number of rotatable bonds is 3. The molecule has 4 rings (SSSR count). The van der Waals surface area contributed by atoms with E-state index in [0.717, 1.165) is 27.8 Å². The number of fused-ring (bicyclic) bond motifs is 1. The van der Waals surface area contributed by atoms with Gasteiger partial charge in [-0.2, -0.15) is 5.26 Å². The van der Waals surface area contributed by atoms with Crippen molar-refractivity contribution in [1.29, 1.82) is 5.26 Å². The van der Waals surface area contributed by atoms with E-state index in [1.807, 2.05) is 49.4 Å². The minimum absolute atomic E-state index is 0.222. The first-order chi connectivity index (χ1) is 13.0. The molecule has 0 aliphatic carbocycles. The summed E-state index contributed by atoms with van der Waals surface area (Å²) in [7, 11) is 0. The number of aryl methyl sites for hydroxylation is 1. The molecule has 0 amide bonds. The van der Waals surface area contributed by atoms with E-state index in [4.69, 9.17) is 10.4 Å². The Balaban J connectivity index is 1.76. The highest BCUT2D eigenvalue weighted by molar-refractivity contribution is 5.93. The number of aromatic amines is 1. The molecular formula is C22H15N3O2. The van der Waals surface area contributed by atoms with Gasteiger partial charge in [0.05, 0.1) is 28.2 Å². The lowest BCUT2D eigenvalue weighted by molar-refractivity contribution is 0.0697. The summed E-state index contributed by atoms with van der Waals surface area (Å²) in [4.78, 5) is 18.9. The zero-order valence-corrected chi connectivity index (χ0v) is 14.5. The van der Waals surface area contributed by atoms with Gasteiger partial charge >= 0.3 is 5.97 Å². The van der Waals surface area contributed by atoms with E-state index in [2.05, 4.69) is 16.0 Å². The summed E-state index contributed by atoms with van der Waals surface area (Å²) in [6.45, 7) is 1.92. The highest BCUT2D eigenvalue weighted by Gasteiger charge is 2.10. The number of aromatic nitrogens is 2. The van der Waals surface area contributed by atoms with Gasteiger partial charge in [-0.05, 0) is 53.9 Å². The number of benzene rings is 3. The van der Waals surface area contributed by atoms with Gasteiger partial charge in [0.1, 0.15) is 5.82 Å². The molecule has 0 atom stereocenters. The standard InChI is InChI=1S/C22H15N3O2/c1-13-9-15(5-6-18(13)12-23)14-3-2-4-16(10-14)21-24-19-8-7-17(22(26)27)11-20(19)25-21/h2-11H,1H3,(H,24,25)(H,26,27). The van der Waals surface area contributed by atoms with Crippen LogP contribution in [-0.4, -0.2) is 21.0 Å². The second kappa shape index (κ2) is 6.43. The number of H-pyrrole nitrogens is 1. The molecule has 130 valence electrons. The molecule has 0 bridgehead atoms. The van der Waals surface area contributed by atoms with Crippen LogP contribution in [0.15, 0.2) is 60.7 Å². The molecule has 5 nitrogen and oxygen atoms in total. The summed E-state index contributed by atoms with van der Waals surface area (Å²) in [6, 6.07) is 20.7. The number of carboxylic acids is 1. The van der Waals surface area contributed by atoms with Crippen LogP contribution in [0.2, 0.25) is 0 Å². The summed E-state index contributed by atoms with van der Waals surface area (Å²) in [5, 5.41) is 18.2. The van der Waals surface area contributed by atoms with Crippen LogP contribution >= 0.6 is 0 Å². The number of nitriles is 1. The van der Waals surface area contributed by atoms with Gasteiger partial charge in [-0.1, -0.05) is 30.3 Å². The predicted octanol–water partition coefficient (Wildman–Crippen LogP) is 4.78. The largest absolute Gasteiger partial charge is 0.478 e. The number of carbonyl (C=O) groups is 1. The smallest absolute Gasteiger partial charge is 0.335 e. The van der Waals surface area contributed by atoms with Crippen LogP contribution in [0.3, 0.4) is 0 Å². The fourth-order valence-corrected chi connectivity index (χ4v) is 3.09. The predicted molar refractivity (Wildman–Crippen MR) is 103 cm³/mol. The summed E-state index contributed by atoms with van der Waals surface area (Å²) in [6.07, 6.45) is 0. The molecule has 4 aromatic rings. The Morgan fingerprint density at radius 1 is 1.04 bits per heavy atom. The average molecular weight is 353 g/mol. The second-order valence-electron chi connectivity index (χ2n) is 6.34. The molecule has 1 heterocycles. The molecule has 0 aliphatic heterocycles. The van der Waals surface area contributed by atoms with Gasteiger partial charge in [0, 0.05) is 5.56 Å². The van der Waals surface area contributed by atoms with Gasteiger partial charge in [0.15, 0.2) is 0 Å². The Morgan fingerprint density at radius 3 is 2.56 bits per heavy atom. The summed E-state index contributed by atoms with van der Waals surface area (Å²) >= 11 is 0. The third-order valence-corrected chi connectivity index (χ3v) is 4.55. The average Bonchev–Trinajstić information content (AvgIpc) is 3.11. The van der Waals surface area contributed by atoms with E-state index < -0.39 is 5.97 Å². The first-order valence-corrected chi connectivity index (χ1v) is 8.40. The molecule has 3 aromatic carbocycles. The molecule has 0 saturated heterocycles. The van der Waals surface area contributed by atoms with Crippen LogP contribution < -0.4 is 0 Å². The lowest BCUT2D eigenvalue weighted by atomic mass is 9.99. The van der Waals surface area contributed by atoms with Crippen LogP contribution in [-0.2, 0) is 0 Å². The molecule has 27 heavy (non-hydrogen) atoms. The van der Waals surface area contributed by atoms with Crippen molar-refractivity contribution in [3.05, 3.63) is 77.4 Å². The summed E-state index contributed by atoms with van der Waals surface area (Å²) in [5.74, 6) is -0.286. The first-order valence-electron chi connectivity index (χ1n) is 8.40. The monoisotopic (exact) mass is 353 g/mol. The molecule has 0 spiro atoms. The molecule has 2 N–H and O–H groups in total. The Bertz CT molecular complexity index is 1230. The number of hydrogen-bond donors (Lipinski definition) is 2. The zero-order valence-electron chi connectivity index (χ0n) is 14.5. The van der Waals surface area contributed by atoms with E-state index >= 15 is 0 Å². The molecule has 0 aliphatic rings. The van der Waals surface area contributed by atoms with Crippen molar-refractivity contribution >= 4 is 17.0 Å². The molecule has 1 aromatic heterocycles. The van der Waals surface area contributed by atoms with Crippen molar-refractivity contribution in [3.8, 4) is 28.6 Å². The fourth-order valence-electron chi connectivity index (χ4n) is 3.09. The van der Waals surface area contributed by atoms with Crippen molar-refractivity contribution in [1.82, 2.24) is 9.97 Å². The fraction of sp³-hybridized carbons (Fsp3) is 0.0455. The molecular weight excluding hydrogens is 338 g/mol. The molecule has 0 unspecified atom stereocenters. The van der Waals surface area contributed by atoms with Crippen molar-refractivity contribution < 1.29 is 9.90 Å². The number of aromatic carboxylic acids is 1. The molecule has 0 saturated carbocycles. The number of carboxylic acid groups (broad SMARTS) is 1. The SMILES string of the molecule is Cc1cc(-c2cccc(-c3nc4ccc(C(=O)O)cc4[nH]3)c2)ccc1C#N. The van der Waals surface area contributed by atoms with E-state index in [1.54, 1.807) is 18.2 Å². The van der Waals surface area contributed by atoms with Crippen LogP contribution in [0.25, 0.3) is 33.5 Å². The maximum atomic E-state index is 11.1. The summed E-state index contributed by atoms with van der Waals surface area (Å²) < 4.78 is 0. The van der Waals surface area contributed by atoms with Crippen LogP contribution in [0, 0.1) is 18.3 Å². The first kappa shape index (κ1) is 16.6. The third-order valence-electron chi connectivity index (χ3n) is 4.55. The molecule has 0 radical (unpaired) electrons. The zero-order chi connectivity index (χ0) is 19.0. The normalized spacial score (nSPS) is 10.7. The highest BCUT2D eigenvalue weighted by atomic mass is 16.4. The van der Waals surface area contributed by atoms with Crippen molar-refractivity contribution in [2.45, 2.75) is 6.92 Å². The number of nitrogens with zero attached hydrogens (tertiary/aromatic N) is 2. The maximum absolute atomic E-state index is 11.1. The Labute approximate surface area is 155 Å². The third kappa shape index (κ3) is 3.05. The highest BCUT2D eigenvalue weighted by Crippen LogP contribution is 2.28. The van der Waals surface area contributed by atoms with Gasteiger partial charge in [-0.3, -0.25) is 0 Å². The minimum Gasteiger partial charge on any atom is -0.478 e. The van der Waals surface area contributed by atoms with Gasteiger partial charge in [-0.25, -0.2) is 9.78 Å². The van der Waals surface area contributed by atoms with Crippen molar-refractivity contribution in [2.75, 3.05) is 0 Å². The number of nitrogens with one attached hydrogen (secondary N) is 1. The maximum Gasteiger partial charge on any atom is 0.335 e. The quantitative estimate of drug-likeness (QED) is 0.555. The van der Waals surface area contributed by atoms with Crippen molar-refractivity contribution in [2.24, 2.45) is 0 Å². The van der Waals surface area contributed by atoms with E-state index in [9.17, 15) is 4.79 Å². The van der Waals surface area contributed by atoms with Gasteiger partial charge < -0.3 is 10.1 Å². The van der Waals surface area contributed by atoms with Crippen molar-refractivity contribution in [3.63, 3.8) is 0 Å². The van der Waals surface area contributed by atoms with Crippen LogP contribution in [0.1, 0.15) is 21.5 Å². The topological polar surface area (TPSA) is 89.8 Å². The van der Waals surface area contributed by atoms with E-state index in [1.165, 1.54) is 0 Å². The number of imidazole rings is 1. The molecule has 5 heteroatoms. The Hall–Kier alpha value is -3.91. The van der Waals surface area contributed by atoms with E-state index in [-0.39, 0.29) is 5.56 Å². The lowest BCUT2D eigenvalue weighted by Crippen LogP contribution is -1.94. The molecule has 0 fully saturated rings. The van der Waals surface area contributed by atoms with E-state index in [0.29, 0.717) is 16.9 Å². The Kier molecular flexibility index (Phi) is 3.94. The van der Waals surface area contributed by atoms with Crippen LogP contribution in [0.5, 0.6) is 0 Å². The Morgan fingerprint density at radius 2 is 1.81 bits per heavy atom. The van der Waals surface area contributed by atoms with Gasteiger partial charge in [0.25, 0.3) is 0 Å². The number of hydrogen-bond acceptors (Lipinski definition) is 3. The summed E-state index contributed by atoms with van der Waals surface area (Å²) in [5.41, 5.74) is 6.18. The van der Waals surface area contributed by atoms with Crippen LogP contribution in [0.4, 0.5) is 0 Å². The van der Waals surface area contributed by atoms with Gasteiger partial charge in [0.2, 0.25) is 0 Å². The second-order valence-corrected chi connectivity index (χ2v) is 6.34.